The number of nitrogens with zero attached hydrogens (tertiary/aromatic N) is 1. The van der Waals surface area contributed by atoms with E-state index >= 15 is 0 Å². The molecule has 20 heavy (non-hydrogen) atoms. The van der Waals surface area contributed by atoms with Gasteiger partial charge in [-0.25, -0.2) is 0 Å². The van der Waals surface area contributed by atoms with Crippen molar-refractivity contribution in [3.05, 3.63) is 42.0 Å². The van der Waals surface area contributed by atoms with Crippen LogP contribution in [0.15, 0.2) is 30.8 Å². The van der Waals surface area contributed by atoms with Gasteiger partial charge in [-0.1, -0.05) is 36.9 Å². The lowest BCUT2D eigenvalue weighted by molar-refractivity contribution is -0.294. The highest BCUT2D eigenvalue weighted by atomic mass is 16.5. The summed E-state index contributed by atoms with van der Waals surface area (Å²) in [5.74, 6) is 0.569. The normalized spacial score (nSPS) is 22.6. The largest absolute Gasteiger partial charge is 0.144 e. The lowest BCUT2D eigenvalue weighted by atomic mass is 9.73. The summed E-state index contributed by atoms with van der Waals surface area (Å²) in [6.45, 7) is 12.0. The van der Waals surface area contributed by atoms with Gasteiger partial charge in [-0.3, -0.25) is 0 Å². The molecule has 0 amide bonds. The number of hydrogen-bond donors (Lipinski definition) is 0. The van der Waals surface area contributed by atoms with Crippen molar-refractivity contribution >= 4 is 6.08 Å². The molecule has 2 heteroatoms. The Morgan fingerprint density at radius 2 is 1.65 bits per heavy atom. The number of piperidine rings is 1. The average Bonchev–Trinajstić information content (AvgIpc) is 2.36. The Balaban J connectivity index is 2.11. The predicted octanol–water partition coefficient (Wildman–Crippen LogP) is 4.49. The van der Waals surface area contributed by atoms with Gasteiger partial charge in [-0.05, 0) is 64.0 Å². The molecule has 1 fully saturated rings. The van der Waals surface area contributed by atoms with E-state index in [1.54, 1.807) is 0 Å². The summed E-state index contributed by atoms with van der Waals surface area (Å²) in [5, 5.41) is 13.7. The van der Waals surface area contributed by atoms with Crippen molar-refractivity contribution in [3.63, 3.8) is 0 Å². The van der Waals surface area contributed by atoms with Crippen LogP contribution >= 0.6 is 0 Å². The van der Waals surface area contributed by atoms with E-state index in [0.717, 1.165) is 24.8 Å². The SMILES string of the molecule is C=Cc1ccc(CC2CC(C)(C)N([O])C(C)(C)C2)cc1. The molecule has 0 atom stereocenters. The zero-order chi connectivity index (χ0) is 15.0. The molecule has 0 aromatic heterocycles. The van der Waals surface area contributed by atoms with Crippen molar-refractivity contribution in [2.45, 2.75) is 58.0 Å². The van der Waals surface area contributed by atoms with Gasteiger partial charge >= 0.3 is 0 Å². The molecule has 0 unspecified atom stereocenters. The van der Waals surface area contributed by atoms with Gasteiger partial charge in [0.15, 0.2) is 0 Å². The minimum atomic E-state index is -0.270. The van der Waals surface area contributed by atoms with Crippen molar-refractivity contribution < 1.29 is 5.21 Å². The number of hydrogen-bond acceptors (Lipinski definition) is 1. The third kappa shape index (κ3) is 3.13. The molecule has 1 aromatic carbocycles. The lowest BCUT2D eigenvalue weighted by Gasteiger charge is -2.50. The zero-order valence-corrected chi connectivity index (χ0v) is 13.1. The molecule has 2 nitrogen and oxygen atoms in total. The highest BCUT2D eigenvalue weighted by Gasteiger charge is 2.45. The maximum atomic E-state index is 12.4. The number of benzene rings is 1. The van der Waals surface area contributed by atoms with Crippen LogP contribution in [0, 0.1) is 5.92 Å². The molecule has 0 aliphatic carbocycles. The zero-order valence-electron chi connectivity index (χ0n) is 13.1. The van der Waals surface area contributed by atoms with Gasteiger partial charge in [0.05, 0.1) is 0 Å². The minimum Gasteiger partial charge on any atom is -0.144 e. The van der Waals surface area contributed by atoms with Crippen molar-refractivity contribution in [2.75, 3.05) is 0 Å². The second-order valence-corrected chi connectivity index (χ2v) is 7.34. The van der Waals surface area contributed by atoms with Gasteiger partial charge in [0.1, 0.15) is 0 Å². The first-order chi connectivity index (χ1) is 9.24. The quantitative estimate of drug-likeness (QED) is 0.795. The van der Waals surface area contributed by atoms with Crippen LogP contribution in [0.2, 0.25) is 0 Å². The van der Waals surface area contributed by atoms with Crippen LogP contribution in [0.5, 0.6) is 0 Å². The van der Waals surface area contributed by atoms with Gasteiger partial charge in [-0.2, -0.15) is 0 Å². The molecule has 1 aromatic rings. The van der Waals surface area contributed by atoms with Crippen LogP contribution in [0.1, 0.15) is 51.7 Å². The molecule has 0 saturated carbocycles. The first kappa shape index (κ1) is 15.3. The van der Waals surface area contributed by atoms with Crippen LogP contribution in [0.4, 0.5) is 0 Å². The van der Waals surface area contributed by atoms with Crippen LogP contribution in [0.3, 0.4) is 0 Å². The van der Waals surface area contributed by atoms with Crippen LogP contribution in [-0.4, -0.2) is 16.1 Å². The van der Waals surface area contributed by atoms with Crippen molar-refractivity contribution in [1.29, 1.82) is 0 Å². The van der Waals surface area contributed by atoms with E-state index in [1.165, 1.54) is 10.6 Å². The van der Waals surface area contributed by atoms with Crippen molar-refractivity contribution in [3.8, 4) is 0 Å². The first-order valence-corrected chi connectivity index (χ1v) is 7.43. The lowest BCUT2D eigenvalue weighted by Crippen LogP contribution is -2.58. The summed E-state index contributed by atoms with van der Waals surface area (Å²) in [6.07, 6.45) is 4.84. The minimum absolute atomic E-state index is 0.270. The third-order valence-electron chi connectivity index (χ3n) is 4.42. The standard InChI is InChI=1S/C18H26NO/c1-6-14-7-9-15(10-8-14)11-16-12-17(2,3)19(20)18(4,5)13-16/h6-10,16H,1,11-13H2,2-5H3. The smallest absolute Gasteiger partial charge is 0.0446 e. The monoisotopic (exact) mass is 272 g/mol. The molecule has 1 aliphatic rings. The van der Waals surface area contributed by atoms with E-state index < -0.39 is 0 Å². The molecular formula is C18H26NO. The second-order valence-electron chi connectivity index (χ2n) is 7.34. The summed E-state index contributed by atoms with van der Waals surface area (Å²) < 4.78 is 0. The number of hydroxylamine groups is 2. The topological polar surface area (TPSA) is 23.1 Å². The fourth-order valence-electron chi connectivity index (χ4n) is 3.74. The Labute approximate surface area is 123 Å². The summed E-state index contributed by atoms with van der Waals surface area (Å²) >= 11 is 0. The van der Waals surface area contributed by atoms with Gasteiger partial charge in [0.25, 0.3) is 0 Å². The van der Waals surface area contributed by atoms with Crippen LogP contribution in [0.25, 0.3) is 6.08 Å². The Bertz CT molecular complexity index is 455. The molecule has 0 bridgehead atoms. The third-order valence-corrected chi connectivity index (χ3v) is 4.42. The molecule has 2 rings (SSSR count). The fourth-order valence-corrected chi connectivity index (χ4v) is 3.74. The molecule has 1 saturated heterocycles. The Morgan fingerprint density at radius 3 is 2.10 bits per heavy atom. The van der Waals surface area contributed by atoms with Crippen molar-refractivity contribution in [1.82, 2.24) is 5.06 Å². The predicted molar refractivity (Wildman–Crippen MR) is 83.6 cm³/mol. The van der Waals surface area contributed by atoms with E-state index in [4.69, 9.17) is 0 Å². The summed E-state index contributed by atoms with van der Waals surface area (Å²) in [7, 11) is 0. The Hall–Kier alpha value is -1.12. The summed E-state index contributed by atoms with van der Waals surface area (Å²) in [5.41, 5.74) is 1.97. The van der Waals surface area contributed by atoms with Gasteiger partial charge in [0, 0.05) is 11.1 Å². The van der Waals surface area contributed by atoms with E-state index in [9.17, 15) is 5.21 Å². The molecular weight excluding hydrogens is 246 g/mol. The molecule has 0 N–H and O–H groups in total. The Morgan fingerprint density at radius 1 is 1.15 bits per heavy atom. The molecule has 109 valence electrons. The van der Waals surface area contributed by atoms with Crippen LogP contribution < -0.4 is 0 Å². The van der Waals surface area contributed by atoms with E-state index in [1.807, 2.05) is 6.08 Å². The Kier molecular flexibility index (Phi) is 4.08. The van der Waals surface area contributed by atoms with Crippen LogP contribution in [-0.2, 0) is 11.6 Å². The molecule has 1 aliphatic heterocycles. The molecule has 1 heterocycles. The summed E-state index contributed by atoms with van der Waals surface area (Å²) in [6, 6.07) is 8.59. The summed E-state index contributed by atoms with van der Waals surface area (Å²) in [4.78, 5) is 0. The fraction of sp³-hybridized carbons (Fsp3) is 0.556. The van der Waals surface area contributed by atoms with E-state index in [-0.39, 0.29) is 11.1 Å². The second kappa shape index (κ2) is 5.34. The highest BCUT2D eigenvalue weighted by Crippen LogP contribution is 2.41. The maximum Gasteiger partial charge on any atom is 0.0446 e. The average molecular weight is 272 g/mol. The van der Waals surface area contributed by atoms with Gasteiger partial charge < -0.3 is 0 Å². The van der Waals surface area contributed by atoms with E-state index in [0.29, 0.717) is 5.92 Å². The highest BCUT2D eigenvalue weighted by molar-refractivity contribution is 5.47. The van der Waals surface area contributed by atoms with Gasteiger partial charge in [-0.15, -0.1) is 10.3 Å². The molecule has 1 radical (unpaired) electrons. The van der Waals surface area contributed by atoms with E-state index in [2.05, 4.69) is 58.5 Å². The first-order valence-electron chi connectivity index (χ1n) is 7.43. The molecule has 0 spiro atoms. The number of rotatable bonds is 3. The van der Waals surface area contributed by atoms with Gasteiger partial charge in [0.2, 0.25) is 0 Å². The maximum absolute atomic E-state index is 12.4. The van der Waals surface area contributed by atoms with Crippen molar-refractivity contribution in [2.24, 2.45) is 5.92 Å².